The molecule has 0 spiro atoms. The smallest absolute Gasteiger partial charge is 0.329 e. The summed E-state index contributed by atoms with van der Waals surface area (Å²) in [4.78, 5) is 22.6. The highest BCUT2D eigenvalue weighted by Gasteiger charge is 2.31. The van der Waals surface area contributed by atoms with E-state index in [9.17, 15) is 24.5 Å². The van der Waals surface area contributed by atoms with Crippen LogP contribution in [0.2, 0.25) is 0 Å². The summed E-state index contributed by atoms with van der Waals surface area (Å²) in [6.45, 7) is 5.53. The Balaban J connectivity index is 4.41. The van der Waals surface area contributed by atoms with E-state index in [1.54, 1.807) is 13.8 Å². The number of aliphatic hydroxyl groups is 1. The topological polar surface area (TPSA) is 127 Å². The highest BCUT2D eigenvalue weighted by Crippen LogP contribution is 2.40. The fourth-order valence-corrected chi connectivity index (χ4v) is 2.01. The minimum atomic E-state index is -2.68. The van der Waals surface area contributed by atoms with Crippen molar-refractivity contribution in [3.8, 4) is 0 Å². The van der Waals surface area contributed by atoms with Crippen LogP contribution in [0.15, 0.2) is 0 Å². The predicted octanol–water partition coefficient (Wildman–Crippen LogP) is -0.156. The van der Waals surface area contributed by atoms with Gasteiger partial charge in [0.05, 0.1) is 6.54 Å². The molecule has 0 saturated heterocycles. The average molecular weight is 310 g/mol. The van der Waals surface area contributed by atoms with Crippen LogP contribution in [0.25, 0.3) is 0 Å². The molecule has 0 heterocycles. The fourth-order valence-electron chi connectivity index (χ4n) is 1.44. The van der Waals surface area contributed by atoms with Crippen molar-refractivity contribution in [1.82, 2.24) is 10.4 Å². The number of hydroxylamine groups is 2. The van der Waals surface area contributed by atoms with Crippen LogP contribution in [0.4, 0.5) is 0 Å². The van der Waals surface area contributed by atoms with Gasteiger partial charge in [-0.05, 0) is 19.2 Å². The molecular weight excluding hydrogens is 287 g/mol. The first-order chi connectivity index (χ1) is 8.98. The van der Waals surface area contributed by atoms with Crippen LogP contribution < -0.4 is 5.32 Å². The number of carbonyl (C=O) groups is 2. The lowest BCUT2D eigenvalue weighted by atomic mass is 10.0. The minimum Gasteiger partial charge on any atom is -0.480 e. The van der Waals surface area contributed by atoms with Crippen molar-refractivity contribution in [2.24, 2.45) is 5.92 Å². The molecule has 118 valence electrons. The molecule has 0 bridgehead atoms. The van der Waals surface area contributed by atoms with E-state index in [1.165, 1.54) is 13.3 Å². The Morgan fingerprint density at radius 2 is 1.80 bits per heavy atom. The maximum atomic E-state index is 11.6. The highest BCUT2D eigenvalue weighted by atomic mass is 31.2. The first-order valence-corrected chi connectivity index (χ1v) is 8.82. The average Bonchev–Trinajstić information content (AvgIpc) is 2.26. The Morgan fingerprint density at radius 1 is 1.30 bits per heavy atom. The van der Waals surface area contributed by atoms with E-state index in [4.69, 9.17) is 5.11 Å². The van der Waals surface area contributed by atoms with Crippen LogP contribution in [0.1, 0.15) is 13.8 Å². The number of nitrogens with one attached hydrogen (secondary N) is 1. The van der Waals surface area contributed by atoms with Crippen LogP contribution in [0.5, 0.6) is 0 Å². The lowest BCUT2D eigenvalue weighted by Gasteiger charge is -2.25. The van der Waals surface area contributed by atoms with Gasteiger partial charge in [-0.2, -0.15) is 0 Å². The summed E-state index contributed by atoms with van der Waals surface area (Å²) in [5.41, 5.74) is 0. The summed E-state index contributed by atoms with van der Waals surface area (Å²) in [5.74, 6) is -3.69. The van der Waals surface area contributed by atoms with Crippen molar-refractivity contribution >= 4 is 19.0 Å². The van der Waals surface area contributed by atoms with Gasteiger partial charge in [-0.3, -0.25) is 10.0 Å². The van der Waals surface area contributed by atoms with Gasteiger partial charge in [0, 0.05) is 6.54 Å². The SMILES string of the molecule is CC(C)C(C(=O)O)N(O)C(=O)CNCC(O)P(C)(C)=O. The summed E-state index contributed by atoms with van der Waals surface area (Å²) in [6.07, 6.45) is 0. The Kier molecular flexibility index (Phi) is 7.37. The summed E-state index contributed by atoms with van der Waals surface area (Å²) in [7, 11) is -2.68. The number of carboxylic acid groups (broad SMARTS) is 1. The highest BCUT2D eigenvalue weighted by molar-refractivity contribution is 7.62. The largest absolute Gasteiger partial charge is 0.480 e. The zero-order chi connectivity index (χ0) is 16.1. The van der Waals surface area contributed by atoms with E-state index in [1.807, 2.05) is 0 Å². The number of rotatable bonds is 8. The Hall–Kier alpha value is -0.950. The Morgan fingerprint density at radius 3 is 2.15 bits per heavy atom. The minimum absolute atomic E-state index is 0.0801. The molecule has 2 atom stereocenters. The molecule has 0 aliphatic heterocycles. The quantitative estimate of drug-likeness (QED) is 0.279. The van der Waals surface area contributed by atoms with Crippen molar-refractivity contribution in [3.63, 3.8) is 0 Å². The van der Waals surface area contributed by atoms with E-state index >= 15 is 0 Å². The molecule has 0 aromatic heterocycles. The maximum Gasteiger partial charge on any atom is 0.329 e. The van der Waals surface area contributed by atoms with Crippen LogP contribution >= 0.6 is 7.14 Å². The second kappa shape index (κ2) is 7.73. The van der Waals surface area contributed by atoms with E-state index < -0.39 is 36.8 Å². The molecule has 20 heavy (non-hydrogen) atoms. The third kappa shape index (κ3) is 6.00. The van der Waals surface area contributed by atoms with Crippen LogP contribution in [0, 0.1) is 5.92 Å². The molecule has 9 heteroatoms. The first-order valence-electron chi connectivity index (χ1n) is 6.15. The fraction of sp³-hybridized carbons (Fsp3) is 0.818. The van der Waals surface area contributed by atoms with Gasteiger partial charge in [0.15, 0.2) is 6.04 Å². The predicted molar refractivity (Wildman–Crippen MR) is 73.2 cm³/mol. The summed E-state index contributed by atoms with van der Waals surface area (Å²) < 4.78 is 11.5. The molecule has 1 amide bonds. The normalized spacial score (nSPS) is 14.9. The number of carbonyl (C=O) groups excluding carboxylic acids is 1. The third-order valence-electron chi connectivity index (χ3n) is 2.72. The van der Waals surface area contributed by atoms with Gasteiger partial charge in [0.25, 0.3) is 5.91 Å². The molecular formula is C11H23N2O6P. The van der Waals surface area contributed by atoms with Gasteiger partial charge in [0.1, 0.15) is 13.0 Å². The van der Waals surface area contributed by atoms with Crippen molar-refractivity contribution in [3.05, 3.63) is 0 Å². The van der Waals surface area contributed by atoms with Crippen LogP contribution in [0.3, 0.4) is 0 Å². The monoisotopic (exact) mass is 310 g/mol. The van der Waals surface area contributed by atoms with Crippen LogP contribution in [-0.2, 0) is 14.2 Å². The number of aliphatic hydroxyl groups excluding tert-OH is 1. The first kappa shape index (κ1) is 19.1. The van der Waals surface area contributed by atoms with E-state index in [0.717, 1.165) is 0 Å². The van der Waals surface area contributed by atoms with Gasteiger partial charge < -0.3 is 20.1 Å². The number of hydrogen-bond acceptors (Lipinski definition) is 6. The molecule has 2 unspecified atom stereocenters. The van der Waals surface area contributed by atoms with E-state index in [-0.39, 0.29) is 18.2 Å². The van der Waals surface area contributed by atoms with Crippen LogP contribution in [-0.4, -0.2) is 70.7 Å². The molecule has 0 radical (unpaired) electrons. The van der Waals surface area contributed by atoms with Gasteiger partial charge >= 0.3 is 5.97 Å². The zero-order valence-electron chi connectivity index (χ0n) is 12.1. The number of carboxylic acids is 1. The Labute approximate surface area is 118 Å². The molecule has 0 aromatic carbocycles. The molecule has 0 saturated carbocycles. The lowest BCUT2D eigenvalue weighted by Crippen LogP contribution is -2.49. The number of amides is 1. The van der Waals surface area contributed by atoms with Crippen molar-refractivity contribution < 1.29 is 29.6 Å². The molecule has 0 fully saturated rings. The van der Waals surface area contributed by atoms with E-state index in [0.29, 0.717) is 0 Å². The second-order valence-corrected chi connectivity index (χ2v) is 8.78. The number of hydrogen-bond donors (Lipinski definition) is 4. The van der Waals surface area contributed by atoms with Crippen molar-refractivity contribution in [2.45, 2.75) is 25.7 Å². The maximum absolute atomic E-state index is 11.6. The summed E-state index contributed by atoms with van der Waals surface area (Å²) >= 11 is 0. The van der Waals surface area contributed by atoms with E-state index in [2.05, 4.69) is 5.32 Å². The molecule has 4 N–H and O–H groups in total. The second-order valence-electron chi connectivity index (χ2n) is 5.31. The third-order valence-corrected chi connectivity index (χ3v) is 4.34. The van der Waals surface area contributed by atoms with Gasteiger partial charge in [-0.25, -0.2) is 9.86 Å². The standard InChI is InChI=1S/C11H23N2O6P/c1-7(2)10(11(16)17)13(18)8(14)5-12-6-9(15)20(3,4)19/h7,9-10,12,15,18H,5-6H2,1-4H3,(H,16,17). The molecule has 0 aromatic rings. The summed E-state index contributed by atoms with van der Waals surface area (Å²) in [6, 6.07) is -1.34. The van der Waals surface area contributed by atoms with Crippen molar-refractivity contribution in [1.29, 1.82) is 0 Å². The molecule has 0 aliphatic carbocycles. The molecule has 8 nitrogen and oxygen atoms in total. The zero-order valence-corrected chi connectivity index (χ0v) is 13.0. The van der Waals surface area contributed by atoms with Gasteiger partial charge in [0.2, 0.25) is 0 Å². The van der Waals surface area contributed by atoms with Gasteiger partial charge in [-0.15, -0.1) is 0 Å². The molecule has 0 aliphatic rings. The van der Waals surface area contributed by atoms with Crippen molar-refractivity contribution in [2.75, 3.05) is 26.4 Å². The summed E-state index contributed by atoms with van der Waals surface area (Å²) in [5, 5.41) is 30.7. The lowest BCUT2D eigenvalue weighted by molar-refractivity contribution is -0.189. The van der Waals surface area contributed by atoms with Gasteiger partial charge in [-0.1, -0.05) is 13.8 Å². The Bertz CT molecular complexity index is 394. The number of nitrogens with zero attached hydrogens (tertiary/aromatic N) is 1. The number of aliphatic carboxylic acids is 1. The molecule has 0 rings (SSSR count).